The predicted octanol–water partition coefficient (Wildman–Crippen LogP) is 3.16. The van der Waals surface area contributed by atoms with Crippen LogP contribution in [0.25, 0.3) is 0 Å². The number of benzene rings is 2. The van der Waals surface area contributed by atoms with Crippen LogP contribution in [0.1, 0.15) is 11.7 Å². The molecule has 100 valence electrons. The van der Waals surface area contributed by atoms with Crippen LogP contribution >= 0.6 is 24.4 Å². The van der Waals surface area contributed by atoms with Crippen molar-refractivity contribution in [3.8, 4) is 0 Å². The molecule has 2 unspecified atom stereocenters. The average molecular weight is 292 g/mol. The Labute approximate surface area is 122 Å². The Kier molecular flexibility index (Phi) is 5.34. The highest BCUT2D eigenvalue weighted by molar-refractivity contribution is 7.99. The van der Waals surface area contributed by atoms with E-state index >= 15 is 0 Å². The van der Waals surface area contributed by atoms with E-state index < -0.39 is 12.2 Å². The van der Waals surface area contributed by atoms with Crippen LogP contribution < -0.4 is 0 Å². The molecule has 0 saturated heterocycles. The summed E-state index contributed by atoms with van der Waals surface area (Å²) >= 11 is 5.64. The molecule has 2 N–H and O–H groups in total. The molecule has 4 heteroatoms. The number of rotatable bonds is 5. The molecule has 0 bridgehead atoms. The summed E-state index contributed by atoms with van der Waals surface area (Å²) in [6.45, 7) is 0. The molecular formula is C15H16O2S2. The number of aliphatic hydroxyl groups is 2. The zero-order valence-electron chi connectivity index (χ0n) is 10.3. The lowest BCUT2D eigenvalue weighted by molar-refractivity contribution is 0.0337. The number of hydrogen-bond donors (Lipinski definition) is 3. The molecule has 19 heavy (non-hydrogen) atoms. The Hall–Kier alpha value is -0.940. The molecule has 2 rings (SSSR count). The minimum Gasteiger partial charge on any atom is -0.389 e. The monoisotopic (exact) mass is 292 g/mol. The number of hydrogen-bond acceptors (Lipinski definition) is 4. The quantitative estimate of drug-likeness (QED) is 0.741. The van der Waals surface area contributed by atoms with Crippen molar-refractivity contribution in [2.45, 2.75) is 22.0 Å². The molecule has 0 aliphatic rings. The maximum Gasteiger partial charge on any atom is 0.106 e. The highest BCUT2D eigenvalue weighted by atomic mass is 32.2. The van der Waals surface area contributed by atoms with E-state index in [1.807, 2.05) is 42.5 Å². The van der Waals surface area contributed by atoms with Gasteiger partial charge in [-0.1, -0.05) is 42.1 Å². The summed E-state index contributed by atoms with van der Waals surface area (Å²) in [4.78, 5) is 2.27. The molecule has 0 heterocycles. The zero-order valence-corrected chi connectivity index (χ0v) is 12.0. The summed E-state index contributed by atoms with van der Waals surface area (Å²) in [5, 5.41) is 19.4. The molecule has 0 spiro atoms. The normalized spacial score (nSPS) is 14.1. The molecule has 2 nitrogen and oxygen atoms in total. The molecule has 0 aliphatic carbocycles. The first-order valence-corrected chi connectivity index (χ1v) is 7.45. The van der Waals surface area contributed by atoms with Crippen LogP contribution in [0, 0.1) is 0 Å². The van der Waals surface area contributed by atoms with Gasteiger partial charge in [0.05, 0.1) is 6.10 Å². The Morgan fingerprint density at radius 1 is 0.895 bits per heavy atom. The largest absolute Gasteiger partial charge is 0.389 e. The lowest BCUT2D eigenvalue weighted by atomic mass is 10.1. The lowest BCUT2D eigenvalue weighted by Gasteiger charge is -2.16. The van der Waals surface area contributed by atoms with E-state index in [2.05, 4.69) is 24.8 Å². The number of thiol groups is 1. The smallest absolute Gasteiger partial charge is 0.106 e. The SMILES string of the molecule is OC(CS)C(O)c1ccc(Sc2ccccc2)cc1. The second-order valence-corrected chi connectivity index (χ2v) is 5.69. The van der Waals surface area contributed by atoms with Crippen LogP contribution in [0.3, 0.4) is 0 Å². The van der Waals surface area contributed by atoms with Crippen LogP contribution in [0.15, 0.2) is 64.4 Å². The Balaban J connectivity index is 2.06. The predicted molar refractivity (Wildman–Crippen MR) is 81.8 cm³/mol. The van der Waals surface area contributed by atoms with Crippen molar-refractivity contribution in [2.75, 3.05) is 5.75 Å². The van der Waals surface area contributed by atoms with Gasteiger partial charge in [0.15, 0.2) is 0 Å². The number of aliphatic hydroxyl groups excluding tert-OH is 2. The van der Waals surface area contributed by atoms with Crippen molar-refractivity contribution < 1.29 is 10.2 Å². The molecule has 2 aromatic rings. The second-order valence-electron chi connectivity index (χ2n) is 4.18. The fraction of sp³-hybridized carbons (Fsp3) is 0.200. The summed E-state index contributed by atoms with van der Waals surface area (Å²) < 4.78 is 0. The van der Waals surface area contributed by atoms with Crippen LogP contribution in [0.5, 0.6) is 0 Å². The molecule has 2 aromatic carbocycles. The Bertz CT molecular complexity index is 499. The van der Waals surface area contributed by atoms with Gasteiger partial charge in [0, 0.05) is 15.5 Å². The highest BCUT2D eigenvalue weighted by Gasteiger charge is 2.16. The van der Waals surface area contributed by atoms with Gasteiger partial charge < -0.3 is 10.2 Å². The van der Waals surface area contributed by atoms with E-state index in [4.69, 9.17) is 0 Å². The molecule has 0 aromatic heterocycles. The minimum absolute atomic E-state index is 0.238. The maximum absolute atomic E-state index is 9.86. The van der Waals surface area contributed by atoms with Crippen molar-refractivity contribution in [1.29, 1.82) is 0 Å². The lowest BCUT2D eigenvalue weighted by Crippen LogP contribution is -2.19. The van der Waals surface area contributed by atoms with Crippen molar-refractivity contribution >= 4 is 24.4 Å². The first kappa shape index (κ1) is 14.5. The molecule has 0 saturated carbocycles. The van der Waals surface area contributed by atoms with E-state index in [9.17, 15) is 10.2 Å². The molecule has 0 amide bonds. The molecule has 2 atom stereocenters. The maximum atomic E-state index is 9.86. The Morgan fingerprint density at radius 3 is 2.05 bits per heavy atom. The second kappa shape index (κ2) is 7.01. The third-order valence-corrected chi connectivity index (χ3v) is 4.14. The first-order valence-electron chi connectivity index (χ1n) is 6.00. The van der Waals surface area contributed by atoms with Gasteiger partial charge in [0.1, 0.15) is 6.10 Å². The van der Waals surface area contributed by atoms with Crippen molar-refractivity contribution in [3.63, 3.8) is 0 Å². The van der Waals surface area contributed by atoms with Crippen molar-refractivity contribution in [3.05, 3.63) is 60.2 Å². The molecule has 0 aliphatic heterocycles. The average Bonchev–Trinajstić information content (AvgIpc) is 2.47. The molecule has 0 fully saturated rings. The summed E-state index contributed by atoms with van der Waals surface area (Å²) in [5.41, 5.74) is 0.707. The fourth-order valence-electron chi connectivity index (χ4n) is 1.68. The summed E-state index contributed by atoms with van der Waals surface area (Å²) in [7, 11) is 0. The summed E-state index contributed by atoms with van der Waals surface area (Å²) in [6, 6.07) is 17.7. The van der Waals surface area contributed by atoms with Gasteiger partial charge >= 0.3 is 0 Å². The van der Waals surface area contributed by atoms with E-state index in [1.165, 1.54) is 4.90 Å². The highest BCUT2D eigenvalue weighted by Crippen LogP contribution is 2.28. The van der Waals surface area contributed by atoms with Crippen molar-refractivity contribution in [2.24, 2.45) is 0 Å². The zero-order chi connectivity index (χ0) is 13.7. The third kappa shape index (κ3) is 4.01. The Morgan fingerprint density at radius 2 is 1.47 bits per heavy atom. The van der Waals surface area contributed by atoms with E-state index in [1.54, 1.807) is 11.8 Å². The van der Waals surface area contributed by atoms with Crippen LogP contribution in [0.2, 0.25) is 0 Å². The minimum atomic E-state index is -0.881. The first-order chi connectivity index (χ1) is 9.20. The molecule has 0 radical (unpaired) electrons. The van der Waals surface area contributed by atoms with Gasteiger partial charge in [-0.25, -0.2) is 0 Å². The third-order valence-electron chi connectivity index (χ3n) is 2.75. The van der Waals surface area contributed by atoms with Crippen molar-refractivity contribution in [1.82, 2.24) is 0 Å². The fourth-order valence-corrected chi connectivity index (χ4v) is 2.72. The van der Waals surface area contributed by atoms with Gasteiger partial charge in [-0.2, -0.15) is 12.6 Å². The summed E-state index contributed by atoms with van der Waals surface area (Å²) in [5.74, 6) is 0.238. The van der Waals surface area contributed by atoms with E-state index in [0.717, 1.165) is 4.90 Å². The van der Waals surface area contributed by atoms with E-state index in [-0.39, 0.29) is 5.75 Å². The van der Waals surface area contributed by atoms with Gasteiger partial charge in [-0.05, 0) is 29.8 Å². The van der Waals surface area contributed by atoms with E-state index in [0.29, 0.717) is 5.56 Å². The van der Waals surface area contributed by atoms with Crippen LogP contribution in [-0.2, 0) is 0 Å². The molecular weight excluding hydrogens is 276 g/mol. The standard InChI is InChI=1S/C15H16O2S2/c16-14(10-18)15(17)11-6-8-13(9-7-11)19-12-4-2-1-3-5-12/h1-9,14-18H,10H2. The van der Waals surface area contributed by atoms with Crippen LogP contribution in [0.4, 0.5) is 0 Å². The topological polar surface area (TPSA) is 40.5 Å². The van der Waals surface area contributed by atoms with Gasteiger partial charge in [0.2, 0.25) is 0 Å². The van der Waals surface area contributed by atoms with Crippen LogP contribution in [-0.4, -0.2) is 22.1 Å². The summed E-state index contributed by atoms with van der Waals surface area (Å²) in [6.07, 6.45) is -1.72. The van der Waals surface area contributed by atoms with Gasteiger partial charge in [-0.3, -0.25) is 0 Å². The van der Waals surface area contributed by atoms with Gasteiger partial charge in [0.25, 0.3) is 0 Å². The van der Waals surface area contributed by atoms with Gasteiger partial charge in [-0.15, -0.1) is 0 Å².